The van der Waals surface area contributed by atoms with Gasteiger partial charge in [-0.05, 0) is 73.1 Å². The van der Waals surface area contributed by atoms with Gasteiger partial charge in [-0.15, -0.1) is 0 Å². The van der Waals surface area contributed by atoms with Crippen molar-refractivity contribution in [3.63, 3.8) is 0 Å². The van der Waals surface area contributed by atoms with Crippen molar-refractivity contribution in [3.8, 4) is 5.75 Å². The SMILES string of the molecule is COC=C(C(=O)OC)c1ccccc1COc1ccc(C=NOC2CCCC2)cc1C. The molecule has 0 atom stereocenters. The monoisotopic (exact) mass is 423 g/mol. The van der Waals surface area contributed by atoms with Crippen LogP contribution in [0.1, 0.15) is 47.9 Å². The summed E-state index contributed by atoms with van der Waals surface area (Å²) in [6.07, 6.45) is 7.99. The summed E-state index contributed by atoms with van der Waals surface area (Å²) in [4.78, 5) is 17.7. The number of carbonyl (C=O) groups is 1. The second-order valence-electron chi connectivity index (χ2n) is 7.48. The van der Waals surface area contributed by atoms with Gasteiger partial charge in [0.2, 0.25) is 0 Å². The summed E-state index contributed by atoms with van der Waals surface area (Å²) >= 11 is 0. The largest absolute Gasteiger partial charge is 0.503 e. The van der Waals surface area contributed by atoms with Crippen LogP contribution in [0.25, 0.3) is 5.57 Å². The molecule has 3 rings (SSSR count). The van der Waals surface area contributed by atoms with Gasteiger partial charge in [0.05, 0.1) is 26.7 Å². The molecule has 0 unspecified atom stereocenters. The van der Waals surface area contributed by atoms with Gasteiger partial charge in [0.15, 0.2) is 0 Å². The van der Waals surface area contributed by atoms with Gasteiger partial charge in [-0.2, -0.15) is 0 Å². The number of hydrogen-bond acceptors (Lipinski definition) is 6. The second-order valence-corrected chi connectivity index (χ2v) is 7.48. The molecule has 0 aromatic heterocycles. The smallest absolute Gasteiger partial charge is 0.341 e. The van der Waals surface area contributed by atoms with Crippen LogP contribution in [0.3, 0.4) is 0 Å². The van der Waals surface area contributed by atoms with E-state index in [4.69, 9.17) is 19.0 Å². The summed E-state index contributed by atoms with van der Waals surface area (Å²) in [5.74, 6) is 0.299. The third kappa shape index (κ3) is 6.10. The van der Waals surface area contributed by atoms with Crippen molar-refractivity contribution in [2.75, 3.05) is 14.2 Å². The average molecular weight is 424 g/mol. The number of ether oxygens (including phenoxy) is 3. The molecular weight excluding hydrogens is 394 g/mol. The molecule has 0 N–H and O–H groups in total. The molecule has 2 aromatic carbocycles. The Kier molecular flexibility index (Phi) is 8.10. The van der Waals surface area contributed by atoms with Gasteiger partial charge in [0.1, 0.15) is 24.0 Å². The molecule has 0 radical (unpaired) electrons. The number of methoxy groups -OCH3 is 2. The molecule has 1 fully saturated rings. The van der Waals surface area contributed by atoms with Crippen molar-refractivity contribution in [3.05, 3.63) is 71.0 Å². The third-order valence-corrected chi connectivity index (χ3v) is 5.24. The van der Waals surface area contributed by atoms with Gasteiger partial charge < -0.3 is 19.0 Å². The maximum absolute atomic E-state index is 12.2. The van der Waals surface area contributed by atoms with E-state index in [1.807, 2.05) is 49.4 Å². The zero-order valence-corrected chi connectivity index (χ0v) is 18.3. The Labute approximate surface area is 183 Å². The van der Waals surface area contributed by atoms with Crippen molar-refractivity contribution in [2.24, 2.45) is 5.16 Å². The Morgan fingerprint density at radius 3 is 2.61 bits per heavy atom. The molecule has 0 saturated heterocycles. The molecule has 6 heteroatoms. The summed E-state index contributed by atoms with van der Waals surface area (Å²) in [6.45, 7) is 2.29. The van der Waals surface area contributed by atoms with E-state index in [0.29, 0.717) is 17.7 Å². The standard InChI is InChI=1S/C25H29NO5/c1-18-14-19(15-26-31-21-9-5-6-10-21)12-13-24(18)30-16-20-8-4-7-11-22(20)23(17-28-2)25(27)29-3/h4,7-8,11-15,17,21H,5-6,9-10,16H2,1-3H3. The molecule has 1 saturated carbocycles. The maximum atomic E-state index is 12.2. The molecule has 0 aliphatic heterocycles. The average Bonchev–Trinajstić information content (AvgIpc) is 3.30. The van der Waals surface area contributed by atoms with E-state index in [0.717, 1.165) is 35.3 Å². The van der Waals surface area contributed by atoms with E-state index < -0.39 is 5.97 Å². The first-order valence-electron chi connectivity index (χ1n) is 10.4. The van der Waals surface area contributed by atoms with Crippen LogP contribution in [-0.4, -0.2) is 32.5 Å². The highest BCUT2D eigenvalue weighted by molar-refractivity contribution is 6.16. The Hall–Kier alpha value is -3.28. The molecule has 164 valence electrons. The molecular formula is C25H29NO5. The highest BCUT2D eigenvalue weighted by Crippen LogP contribution is 2.25. The Bertz CT molecular complexity index is 945. The minimum atomic E-state index is -0.464. The molecule has 0 bridgehead atoms. The van der Waals surface area contributed by atoms with E-state index in [2.05, 4.69) is 5.16 Å². The zero-order chi connectivity index (χ0) is 22.1. The number of aryl methyl sites for hydroxylation is 1. The fraction of sp³-hybridized carbons (Fsp3) is 0.360. The summed E-state index contributed by atoms with van der Waals surface area (Å²) in [5.41, 5.74) is 3.85. The molecule has 0 heterocycles. The number of rotatable bonds is 9. The third-order valence-electron chi connectivity index (χ3n) is 5.24. The fourth-order valence-electron chi connectivity index (χ4n) is 3.60. The first kappa shape index (κ1) is 22.4. The van der Waals surface area contributed by atoms with Gasteiger partial charge in [-0.25, -0.2) is 4.79 Å². The van der Waals surface area contributed by atoms with E-state index in [1.54, 1.807) is 6.21 Å². The van der Waals surface area contributed by atoms with Crippen LogP contribution < -0.4 is 4.74 Å². The van der Waals surface area contributed by atoms with Gasteiger partial charge in [0.25, 0.3) is 0 Å². The summed E-state index contributed by atoms with van der Waals surface area (Å²) in [7, 11) is 2.84. The Balaban J connectivity index is 1.68. The van der Waals surface area contributed by atoms with Crippen molar-refractivity contribution in [1.29, 1.82) is 0 Å². The van der Waals surface area contributed by atoms with Gasteiger partial charge in [-0.3, -0.25) is 0 Å². The minimum absolute atomic E-state index is 0.252. The molecule has 6 nitrogen and oxygen atoms in total. The van der Waals surface area contributed by atoms with E-state index >= 15 is 0 Å². The number of carbonyl (C=O) groups excluding carboxylic acids is 1. The fourth-order valence-corrected chi connectivity index (χ4v) is 3.60. The lowest BCUT2D eigenvalue weighted by Crippen LogP contribution is -2.08. The number of benzene rings is 2. The van der Waals surface area contributed by atoms with Crippen LogP contribution >= 0.6 is 0 Å². The second kappa shape index (κ2) is 11.2. The van der Waals surface area contributed by atoms with Crippen molar-refractivity contribution in [1.82, 2.24) is 0 Å². The van der Waals surface area contributed by atoms with Crippen molar-refractivity contribution < 1.29 is 23.8 Å². The van der Waals surface area contributed by atoms with Crippen LogP contribution in [0.2, 0.25) is 0 Å². The number of nitrogens with zero attached hydrogens (tertiary/aromatic N) is 1. The van der Waals surface area contributed by atoms with Crippen LogP contribution in [-0.2, 0) is 25.7 Å². The van der Waals surface area contributed by atoms with E-state index in [1.165, 1.54) is 33.3 Å². The Morgan fingerprint density at radius 1 is 1.13 bits per heavy atom. The van der Waals surface area contributed by atoms with Crippen molar-refractivity contribution in [2.45, 2.75) is 45.3 Å². The first-order chi connectivity index (χ1) is 15.1. The van der Waals surface area contributed by atoms with Crippen LogP contribution in [0.4, 0.5) is 0 Å². The summed E-state index contributed by atoms with van der Waals surface area (Å²) < 4.78 is 16.0. The van der Waals surface area contributed by atoms with Gasteiger partial charge in [-0.1, -0.05) is 29.4 Å². The predicted octanol–water partition coefficient (Wildman–Crippen LogP) is 5.03. The zero-order valence-electron chi connectivity index (χ0n) is 18.3. The molecule has 1 aliphatic rings. The lowest BCUT2D eigenvalue weighted by molar-refractivity contribution is -0.133. The molecule has 31 heavy (non-hydrogen) atoms. The maximum Gasteiger partial charge on any atom is 0.341 e. The lowest BCUT2D eigenvalue weighted by atomic mass is 10.0. The van der Waals surface area contributed by atoms with Crippen LogP contribution in [0, 0.1) is 6.92 Å². The normalized spacial score (nSPS) is 14.6. The number of oxime groups is 1. The van der Waals surface area contributed by atoms with Gasteiger partial charge >= 0.3 is 5.97 Å². The van der Waals surface area contributed by atoms with E-state index in [-0.39, 0.29) is 6.10 Å². The Morgan fingerprint density at radius 2 is 1.90 bits per heavy atom. The lowest BCUT2D eigenvalue weighted by Gasteiger charge is -2.14. The molecule has 2 aromatic rings. The predicted molar refractivity (Wildman–Crippen MR) is 120 cm³/mol. The molecule has 0 spiro atoms. The summed E-state index contributed by atoms with van der Waals surface area (Å²) in [6, 6.07) is 13.4. The quantitative estimate of drug-likeness (QED) is 0.186. The van der Waals surface area contributed by atoms with Crippen LogP contribution in [0.5, 0.6) is 5.75 Å². The molecule has 0 amide bonds. The summed E-state index contributed by atoms with van der Waals surface area (Å²) in [5, 5.41) is 4.13. The number of esters is 1. The van der Waals surface area contributed by atoms with E-state index in [9.17, 15) is 4.79 Å². The van der Waals surface area contributed by atoms with Crippen LogP contribution in [0.15, 0.2) is 53.9 Å². The topological polar surface area (TPSA) is 66.4 Å². The van der Waals surface area contributed by atoms with Crippen molar-refractivity contribution >= 4 is 17.8 Å². The minimum Gasteiger partial charge on any atom is -0.503 e. The highest BCUT2D eigenvalue weighted by Gasteiger charge is 2.17. The molecule has 1 aliphatic carbocycles. The highest BCUT2D eigenvalue weighted by atomic mass is 16.6. The first-order valence-corrected chi connectivity index (χ1v) is 10.4. The van der Waals surface area contributed by atoms with Gasteiger partial charge in [0, 0.05) is 0 Å². The number of hydrogen-bond donors (Lipinski definition) is 0.